The third kappa shape index (κ3) is 2.43. The lowest BCUT2D eigenvalue weighted by Crippen LogP contribution is -2.57. The molecule has 0 aromatic rings. The van der Waals surface area contributed by atoms with E-state index in [0.29, 0.717) is 36.2 Å². The minimum Gasteiger partial charge on any atom is -0.463 e. The summed E-state index contributed by atoms with van der Waals surface area (Å²) in [4.78, 5) is 36.9. The van der Waals surface area contributed by atoms with E-state index >= 15 is 0 Å². The lowest BCUT2D eigenvalue weighted by Gasteiger charge is -2.59. The molecule has 0 spiro atoms. The van der Waals surface area contributed by atoms with Crippen molar-refractivity contribution in [2.75, 3.05) is 0 Å². The zero-order chi connectivity index (χ0) is 18.0. The molecule has 0 aliphatic heterocycles. The standard InChI is InChI=1S/C21H30O4/c1-12(22)25-14-6-8-20(2)13(10-14)11-17(23)19-15-4-5-18(24)21(15,3)9-7-16(19)20/h13-16,19H,4-11H2,1-3H3/t13-,14+,15-,16-,19-,20+,21-/m1/s1. The van der Waals surface area contributed by atoms with Crippen LogP contribution in [0.15, 0.2) is 0 Å². The molecule has 0 unspecified atom stereocenters. The fraction of sp³-hybridized carbons (Fsp3) is 0.857. The summed E-state index contributed by atoms with van der Waals surface area (Å²) in [6.45, 7) is 5.95. The van der Waals surface area contributed by atoms with Gasteiger partial charge in [0.05, 0.1) is 0 Å². The van der Waals surface area contributed by atoms with Gasteiger partial charge in [-0.2, -0.15) is 0 Å². The van der Waals surface area contributed by atoms with E-state index in [1.165, 1.54) is 6.92 Å². The highest BCUT2D eigenvalue weighted by Gasteiger charge is 2.62. The van der Waals surface area contributed by atoms with Crippen molar-refractivity contribution in [2.45, 2.75) is 78.2 Å². The van der Waals surface area contributed by atoms with Crippen molar-refractivity contribution in [3.8, 4) is 0 Å². The molecule has 25 heavy (non-hydrogen) atoms. The van der Waals surface area contributed by atoms with Gasteiger partial charge < -0.3 is 4.74 Å². The Bertz CT molecular complexity index is 625. The van der Waals surface area contributed by atoms with Crippen molar-refractivity contribution >= 4 is 17.5 Å². The molecule has 4 heteroatoms. The number of hydrogen-bond acceptors (Lipinski definition) is 4. The van der Waals surface area contributed by atoms with E-state index < -0.39 is 0 Å². The van der Waals surface area contributed by atoms with Crippen molar-refractivity contribution in [3.05, 3.63) is 0 Å². The van der Waals surface area contributed by atoms with E-state index in [2.05, 4.69) is 13.8 Å². The van der Waals surface area contributed by atoms with Crippen molar-refractivity contribution in [3.63, 3.8) is 0 Å². The van der Waals surface area contributed by atoms with Gasteiger partial charge in [0.15, 0.2) is 0 Å². The van der Waals surface area contributed by atoms with Gasteiger partial charge in [0.1, 0.15) is 17.7 Å². The minimum absolute atomic E-state index is 0.0261. The summed E-state index contributed by atoms with van der Waals surface area (Å²) in [7, 11) is 0. The van der Waals surface area contributed by atoms with Crippen molar-refractivity contribution in [2.24, 2.45) is 34.5 Å². The van der Waals surface area contributed by atoms with Crippen LogP contribution in [0.4, 0.5) is 0 Å². The summed E-state index contributed by atoms with van der Waals surface area (Å²) >= 11 is 0. The first-order valence-corrected chi connectivity index (χ1v) is 9.99. The van der Waals surface area contributed by atoms with Gasteiger partial charge in [-0.3, -0.25) is 14.4 Å². The zero-order valence-electron chi connectivity index (χ0n) is 15.7. The minimum atomic E-state index is -0.255. The highest BCUT2D eigenvalue weighted by molar-refractivity contribution is 5.90. The normalized spacial score (nSPS) is 49.2. The second-order valence-corrected chi connectivity index (χ2v) is 9.54. The molecule has 7 atom stereocenters. The van der Waals surface area contributed by atoms with Gasteiger partial charge in [-0.15, -0.1) is 0 Å². The fourth-order valence-corrected chi connectivity index (χ4v) is 7.01. The Labute approximate surface area is 150 Å². The number of Topliss-reactive ketones (excluding diaryl/α,β-unsaturated/α-hetero) is 2. The summed E-state index contributed by atoms with van der Waals surface area (Å²) in [6.07, 6.45) is 6.85. The first-order chi connectivity index (χ1) is 11.8. The Kier molecular flexibility index (Phi) is 3.90. The van der Waals surface area contributed by atoms with Gasteiger partial charge in [0.25, 0.3) is 0 Å². The number of hydrogen-bond donors (Lipinski definition) is 0. The van der Waals surface area contributed by atoms with Crippen LogP contribution in [0.3, 0.4) is 0 Å². The molecule has 4 aliphatic rings. The molecular formula is C21H30O4. The molecule has 4 nitrogen and oxygen atoms in total. The number of carbonyl (C=O) groups is 3. The van der Waals surface area contributed by atoms with E-state index in [1.54, 1.807) is 0 Å². The van der Waals surface area contributed by atoms with Crippen molar-refractivity contribution in [1.82, 2.24) is 0 Å². The molecule has 4 fully saturated rings. The van der Waals surface area contributed by atoms with Gasteiger partial charge >= 0.3 is 5.97 Å². The van der Waals surface area contributed by atoms with Gasteiger partial charge in [-0.05, 0) is 61.7 Å². The molecule has 0 radical (unpaired) electrons. The van der Waals surface area contributed by atoms with Gasteiger partial charge in [0, 0.05) is 31.1 Å². The molecule has 0 heterocycles. The van der Waals surface area contributed by atoms with Crippen molar-refractivity contribution in [1.29, 1.82) is 0 Å². The molecule has 4 rings (SSSR count). The lowest BCUT2D eigenvalue weighted by atomic mass is 9.45. The summed E-state index contributed by atoms with van der Waals surface area (Å²) in [5.74, 6) is 1.61. The average molecular weight is 346 g/mol. The van der Waals surface area contributed by atoms with Crippen LogP contribution in [-0.2, 0) is 19.1 Å². The molecule has 0 amide bonds. The summed E-state index contributed by atoms with van der Waals surface area (Å²) < 4.78 is 5.46. The van der Waals surface area contributed by atoms with E-state index in [1.807, 2.05) is 0 Å². The second-order valence-electron chi connectivity index (χ2n) is 9.54. The van der Waals surface area contributed by atoms with Crippen LogP contribution >= 0.6 is 0 Å². The first kappa shape index (κ1) is 17.2. The van der Waals surface area contributed by atoms with Crippen LogP contribution in [0, 0.1) is 34.5 Å². The third-order valence-corrected chi connectivity index (χ3v) is 8.46. The highest BCUT2D eigenvalue weighted by Crippen LogP contribution is 2.64. The number of rotatable bonds is 1. The van der Waals surface area contributed by atoms with Crippen LogP contribution < -0.4 is 0 Å². The average Bonchev–Trinajstić information content (AvgIpc) is 2.84. The predicted octanol–water partition coefficient (Wildman–Crippen LogP) is 3.71. The van der Waals surface area contributed by atoms with E-state index in [9.17, 15) is 14.4 Å². The maximum absolute atomic E-state index is 13.1. The molecule has 0 saturated heterocycles. The number of esters is 1. The quantitative estimate of drug-likeness (QED) is 0.679. The maximum atomic E-state index is 13.1. The number of ether oxygens (including phenoxy) is 1. The Balaban J connectivity index is 1.60. The van der Waals surface area contributed by atoms with Crippen LogP contribution in [0.1, 0.15) is 72.1 Å². The first-order valence-electron chi connectivity index (χ1n) is 9.99. The Morgan fingerprint density at radius 2 is 1.84 bits per heavy atom. The molecule has 0 aromatic heterocycles. The van der Waals surface area contributed by atoms with Crippen LogP contribution in [0.5, 0.6) is 0 Å². The molecule has 0 bridgehead atoms. The predicted molar refractivity (Wildman–Crippen MR) is 92.7 cm³/mol. The largest absolute Gasteiger partial charge is 0.463 e. The molecule has 0 aromatic carbocycles. The number of fused-ring (bicyclic) bond motifs is 5. The van der Waals surface area contributed by atoms with Gasteiger partial charge in [-0.25, -0.2) is 0 Å². The van der Waals surface area contributed by atoms with Crippen LogP contribution in [0.2, 0.25) is 0 Å². The van der Waals surface area contributed by atoms with E-state index in [4.69, 9.17) is 4.74 Å². The SMILES string of the molecule is CC(=O)O[C@H]1CC[C@@]2(C)[C@@H](CC(=O)[C@H]3[C@H]2CC[C@@]2(C)C(=O)CC[C@H]32)C1. The Morgan fingerprint density at radius 1 is 1.08 bits per heavy atom. The molecule has 4 aliphatic carbocycles. The molecule has 0 N–H and O–H groups in total. The van der Waals surface area contributed by atoms with Gasteiger partial charge in [0.2, 0.25) is 0 Å². The van der Waals surface area contributed by atoms with E-state index in [-0.39, 0.29) is 34.7 Å². The lowest BCUT2D eigenvalue weighted by molar-refractivity contribution is -0.166. The van der Waals surface area contributed by atoms with Crippen molar-refractivity contribution < 1.29 is 19.1 Å². The Morgan fingerprint density at radius 3 is 2.56 bits per heavy atom. The smallest absolute Gasteiger partial charge is 0.302 e. The molecular weight excluding hydrogens is 316 g/mol. The topological polar surface area (TPSA) is 60.4 Å². The summed E-state index contributed by atoms with van der Waals surface area (Å²) in [5.41, 5.74) is -0.100. The zero-order valence-corrected chi connectivity index (χ0v) is 15.7. The monoisotopic (exact) mass is 346 g/mol. The maximum Gasteiger partial charge on any atom is 0.302 e. The Hall–Kier alpha value is -1.19. The highest BCUT2D eigenvalue weighted by atomic mass is 16.5. The van der Waals surface area contributed by atoms with E-state index in [0.717, 1.165) is 38.5 Å². The van der Waals surface area contributed by atoms with Crippen LogP contribution in [0.25, 0.3) is 0 Å². The second kappa shape index (κ2) is 5.65. The molecule has 4 saturated carbocycles. The van der Waals surface area contributed by atoms with Crippen LogP contribution in [-0.4, -0.2) is 23.6 Å². The number of ketones is 2. The number of carbonyl (C=O) groups excluding carboxylic acids is 3. The molecule has 138 valence electrons. The third-order valence-electron chi connectivity index (χ3n) is 8.46. The fourth-order valence-electron chi connectivity index (χ4n) is 7.01. The van der Waals surface area contributed by atoms with Gasteiger partial charge in [-0.1, -0.05) is 13.8 Å². The summed E-state index contributed by atoms with van der Waals surface area (Å²) in [6, 6.07) is 0. The summed E-state index contributed by atoms with van der Waals surface area (Å²) in [5, 5.41) is 0.